The highest BCUT2D eigenvalue weighted by Crippen LogP contribution is 2.26. The zero-order valence-electron chi connectivity index (χ0n) is 11.9. The Morgan fingerprint density at radius 2 is 1.78 bits per heavy atom. The van der Waals surface area contributed by atoms with Crippen molar-refractivity contribution in [3.05, 3.63) is 23.8 Å². The third-order valence-corrected chi connectivity index (χ3v) is 3.43. The molecule has 1 aromatic rings. The van der Waals surface area contributed by atoms with Crippen LogP contribution < -0.4 is 19.7 Å². The SMILES string of the molecule is N#Cc1c(NS(N)(=O)=O)cccc1OCCCCOS(N)(=O)=O. The fraction of sp³-hybridized carbons (Fsp3) is 0.364. The molecule has 0 aliphatic heterocycles. The monoisotopic (exact) mass is 364 g/mol. The average molecular weight is 364 g/mol. The van der Waals surface area contributed by atoms with Gasteiger partial charge in [-0.3, -0.25) is 8.91 Å². The molecule has 0 bridgehead atoms. The van der Waals surface area contributed by atoms with Crippen molar-refractivity contribution in [3.63, 3.8) is 0 Å². The highest BCUT2D eigenvalue weighted by atomic mass is 32.2. The van der Waals surface area contributed by atoms with Gasteiger partial charge in [-0.1, -0.05) is 6.07 Å². The molecule has 0 saturated heterocycles. The summed E-state index contributed by atoms with van der Waals surface area (Å²) >= 11 is 0. The van der Waals surface area contributed by atoms with Crippen LogP contribution in [-0.2, 0) is 24.7 Å². The van der Waals surface area contributed by atoms with Crippen molar-refractivity contribution in [2.75, 3.05) is 17.9 Å². The summed E-state index contributed by atoms with van der Waals surface area (Å²) in [4.78, 5) is 0. The highest BCUT2D eigenvalue weighted by molar-refractivity contribution is 7.90. The summed E-state index contributed by atoms with van der Waals surface area (Å²) in [5.74, 6) is 0.175. The molecule has 0 fully saturated rings. The first-order chi connectivity index (χ1) is 10.6. The minimum Gasteiger partial charge on any atom is -0.492 e. The van der Waals surface area contributed by atoms with Crippen LogP contribution in [0.4, 0.5) is 5.69 Å². The third kappa shape index (κ3) is 7.77. The summed E-state index contributed by atoms with van der Waals surface area (Å²) in [6.45, 7) is 0.0851. The first-order valence-corrected chi connectivity index (χ1v) is 9.28. The second-order valence-corrected chi connectivity index (χ2v) is 6.82. The average Bonchev–Trinajstić information content (AvgIpc) is 2.40. The van der Waals surface area contributed by atoms with Gasteiger partial charge in [0.05, 0.1) is 18.9 Å². The molecule has 0 radical (unpaired) electrons. The quantitative estimate of drug-likeness (QED) is 0.497. The summed E-state index contributed by atoms with van der Waals surface area (Å²) in [6.07, 6.45) is 0.806. The van der Waals surface area contributed by atoms with Gasteiger partial charge in [0.1, 0.15) is 17.4 Å². The lowest BCUT2D eigenvalue weighted by atomic mass is 10.2. The zero-order valence-corrected chi connectivity index (χ0v) is 13.6. The first kappa shape index (κ1) is 19.1. The molecule has 10 nitrogen and oxygen atoms in total. The number of hydrogen-bond acceptors (Lipinski definition) is 7. The summed E-state index contributed by atoms with van der Waals surface area (Å²) in [5.41, 5.74) is -0.00707. The van der Waals surface area contributed by atoms with Crippen molar-refractivity contribution in [3.8, 4) is 11.8 Å². The van der Waals surface area contributed by atoms with E-state index in [1.165, 1.54) is 18.2 Å². The number of rotatable bonds is 9. The Hall–Kier alpha value is -1.91. The number of nitrogens with one attached hydrogen (secondary N) is 1. The van der Waals surface area contributed by atoms with Gasteiger partial charge in [0.2, 0.25) is 0 Å². The third-order valence-electron chi connectivity index (χ3n) is 2.43. The van der Waals surface area contributed by atoms with Crippen molar-refractivity contribution >= 4 is 26.2 Å². The molecule has 0 spiro atoms. The molecule has 23 heavy (non-hydrogen) atoms. The molecule has 0 saturated carbocycles. The minimum atomic E-state index is -4.01. The largest absolute Gasteiger partial charge is 0.492 e. The van der Waals surface area contributed by atoms with Crippen LogP contribution in [0.25, 0.3) is 0 Å². The van der Waals surface area contributed by atoms with Gasteiger partial charge < -0.3 is 4.74 Å². The molecule has 1 rings (SSSR count). The second-order valence-electron chi connectivity index (χ2n) is 4.31. The van der Waals surface area contributed by atoms with Crippen LogP contribution >= 0.6 is 0 Å². The molecule has 0 aromatic heterocycles. The number of anilines is 1. The zero-order chi connectivity index (χ0) is 17.5. The van der Waals surface area contributed by atoms with Crippen LogP contribution in [0.15, 0.2) is 18.2 Å². The number of nitrogens with zero attached hydrogens (tertiary/aromatic N) is 1. The van der Waals surface area contributed by atoms with E-state index in [1.54, 1.807) is 0 Å². The van der Waals surface area contributed by atoms with E-state index in [1.807, 2.05) is 10.8 Å². The first-order valence-electron chi connectivity index (χ1n) is 6.26. The Balaban J connectivity index is 2.61. The summed E-state index contributed by atoms with van der Waals surface area (Å²) in [5, 5.41) is 18.7. The van der Waals surface area contributed by atoms with E-state index >= 15 is 0 Å². The minimum absolute atomic E-state index is 0.00468. The van der Waals surface area contributed by atoms with Gasteiger partial charge in [0.15, 0.2) is 0 Å². The van der Waals surface area contributed by atoms with Gasteiger partial charge in [-0.2, -0.15) is 22.1 Å². The Morgan fingerprint density at radius 3 is 2.35 bits per heavy atom. The fourth-order valence-electron chi connectivity index (χ4n) is 1.57. The van der Waals surface area contributed by atoms with Gasteiger partial charge in [0, 0.05) is 0 Å². The maximum absolute atomic E-state index is 11.0. The van der Waals surface area contributed by atoms with E-state index in [9.17, 15) is 16.8 Å². The predicted octanol–water partition coefficient (Wildman–Crippen LogP) is -0.447. The number of ether oxygens (including phenoxy) is 1. The molecule has 0 aliphatic carbocycles. The van der Waals surface area contributed by atoms with E-state index in [4.69, 9.17) is 15.1 Å². The summed E-state index contributed by atoms with van der Waals surface area (Å²) in [7, 11) is -7.97. The summed E-state index contributed by atoms with van der Waals surface area (Å²) in [6, 6.07) is 6.19. The van der Waals surface area contributed by atoms with Gasteiger partial charge in [-0.05, 0) is 25.0 Å². The Labute approximate surface area is 134 Å². The van der Waals surface area contributed by atoms with Crippen LogP contribution in [-0.4, -0.2) is 30.0 Å². The van der Waals surface area contributed by atoms with E-state index in [-0.39, 0.29) is 30.2 Å². The van der Waals surface area contributed by atoms with Crippen molar-refractivity contribution in [2.24, 2.45) is 10.3 Å². The van der Waals surface area contributed by atoms with Gasteiger partial charge in [-0.15, -0.1) is 0 Å². The smallest absolute Gasteiger partial charge is 0.333 e. The highest BCUT2D eigenvalue weighted by Gasteiger charge is 2.12. The normalized spacial score (nSPS) is 11.7. The van der Waals surface area contributed by atoms with E-state index in [0.29, 0.717) is 12.8 Å². The molecule has 0 aliphatic rings. The maximum Gasteiger partial charge on any atom is 0.333 e. The Bertz CT molecular complexity index is 785. The summed E-state index contributed by atoms with van der Waals surface area (Å²) < 4.78 is 54.9. The topological polar surface area (TPSA) is 175 Å². The van der Waals surface area contributed by atoms with Crippen LogP contribution in [0.3, 0.4) is 0 Å². The standard InChI is InChI=1S/C11H16N4O6S2/c12-8-9-10(15-22(13,16)17)4-3-5-11(9)20-6-1-2-7-21-23(14,18)19/h3-5,15H,1-2,6-7H2,(H2,13,16,17)(H2,14,18,19). The Kier molecular flexibility index (Phi) is 6.73. The number of hydrogen-bond donors (Lipinski definition) is 3. The van der Waals surface area contributed by atoms with Gasteiger partial charge >= 0.3 is 10.3 Å². The lowest BCUT2D eigenvalue weighted by Crippen LogP contribution is -2.22. The second kappa shape index (κ2) is 8.09. The molecule has 0 heterocycles. The molecular weight excluding hydrogens is 348 g/mol. The molecule has 128 valence electrons. The molecular formula is C11H16N4O6S2. The van der Waals surface area contributed by atoms with Crippen LogP contribution in [0, 0.1) is 11.3 Å². The number of benzene rings is 1. The van der Waals surface area contributed by atoms with Crippen LogP contribution in [0.2, 0.25) is 0 Å². The molecule has 12 heteroatoms. The van der Waals surface area contributed by atoms with E-state index < -0.39 is 20.5 Å². The van der Waals surface area contributed by atoms with Crippen molar-refractivity contribution < 1.29 is 25.8 Å². The number of nitrogens with two attached hydrogens (primary N) is 2. The van der Waals surface area contributed by atoms with Crippen LogP contribution in [0.5, 0.6) is 5.75 Å². The number of unbranched alkanes of at least 4 members (excludes halogenated alkanes) is 1. The van der Waals surface area contributed by atoms with Gasteiger partial charge in [-0.25, -0.2) is 10.3 Å². The maximum atomic E-state index is 11.0. The van der Waals surface area contributed by atoms with Gasteiger partial charge in [0.25, 0.3) is 10.2 Å². The number of nitriles is 1. The van der Waals surface area contributed by atoms with Crippen molar-refractivity contribution in [2.45, 2.75) is 12.8 Å². The van der Waals surface area contributed by atoms with Crippen molar-refractivity contribution in [1.82, 2.24) is 0 Å². The molecule has 5 N–H and O–H groups in total. The van der Waals surface area contributed by atoms with Crippen LogP contribution in [0.1, 0.15) is 18.4 Å². The molecule has 0 amide bonds. The molecule has 1 aromatic carbocycles. The lowest BCUT2D eigenvalue weighted by Gasteiger charge is -2.11. The van der Waals surface area contributed by atoms with E-state index in [0.717, 1.165) is 0 Å². The fourth-order valence-corrected chi connectivity index (χ4v) is 2.39. The molecule has 0 unspecified atom stereocenters. The Morgan fingerprint density at radius 1 is 1.13 bits per heavy atom. The van der Waals surface area contributed by atoms with Crippen molar-refractivity contribution in [1.29, 1.82) is 5.26 Å². The predicted molar refractivity (Wildman–Crippen MR) is 81.7 cm³/mol. The van der Waals surface area contributed by atoms with E-state index in [2.05, 4.69) is 9.32 Å². The lowest BCUT2D eigenvalue weighted by molar-refractivity contribution is 0.268. The molecule has 0 atom stereocenters.